The SMILES string of the molecule is C=C(C)/C=C\C=C/C.COc1ccc(C2C3=C(CC(C)(C)CO3)Nc3c(O)cccc3N2C(=O)c2nc(C)oc2C)c(F)c1. The number of anilines is 2. The highest BCUT2D eigenvalue weighted by molar-refractivity contribution is 6.09. The predicted molar refractivity (Wildman–Crippen MR) is 170 cm³/mol. The van der Waals surface area contributed by atoms with Crippen molar-refractivity contribution in [2.45, 2.75) is 54.0 Å². The van der Waals surface area contributed by atoms with Crippen molar-refractivity contribution in [2.75, 3.05) is 23.9 Å². The summed E-state index contributed by atoms with van der Waals surface area (Å²) in [6, 6.07) is 8.37. The van der Waals surface area contributed by atoms with Gasteiger partial charge in [0.25, 0.3) is 5.91 Å². The number of nitrogens with one attached hydrogen (secondary N) is 1. The number of methoxy groups -OCH3 is 1. The number of benzene rings is 2. The molecule has 2 aliphatic heterocycles. The number of hydrogen-bond donors (Lipinski definition) is 2. The largest absolute Gasteiger partial charge is 0.506 e. The molecule has 5 rings (SSSR count). The maximum Gasteiger partial charge on any atom is 0.281 e. The first-order chi connectivity index (χ1) is 20.9. The summed E-state index contributed by atoms with van der Waals surface area (Å²) in [5.74, 6) is 0.300. The number of oxazole rings is 1. The summed E-state index contributed by atoms with van der Waals surface area (Å²) < 4.78 is 32.7. The molecule has 0 aliphatic carbocycles. The monoisotopic (exact) mass is 601 g/mol. The first-order valence-electron chi connectivity index (χ1n) is 14.4. The van der Waals surface area contributed by atoms with Crippen LogP contribution in [-0.4, -0.2) is 29.7 Å². The Balaban J connectivity index is 0.000000488. The van der Waals surface area contributed by atoms with Gasteiger partial charge in [0, 0.05) is 24.0 Å². The quantitative estimate of drug-likeness (QED) is 0.224. The molecule has 8 nitrogen and oxygen atoms in total. The number of ether oxygens (including phenoxy) is 2. The number of rotatable bonds is 5. The third-order valence-electron chi connectivity index (χ3n) is 7.15. The van der Waals surface area contributed by atoms with Crippen molar-refractivity contribution in [1.29, 1.82) is 0 Å². The van der Waals surface area contributed by atoms with Crippen molar-refractivity contribution in [1.82, 2.24) is 4.98 Å². The van der Waals surface area contributed by atoms with Crippen molar-refractivity contribution in [3.8, 4) is 11.5 Å². The molecule has 232 valence electrons. The zero-order chi connectivity index (χ0) is 32.2. The predicted octanol–water partition coefficient (Wildman–Crippen LogP) is 8.31. The van der Waals surface area contributed by atoms with Gasteiger partial charge in [-0.3, -0.25) is 9.69 Å². The lowest BCUT2D eigenvalue weighted by atomic mass is 9.85. The topological polar surface area (TPSA) is 97.1 Å². The van der Waals surface area contributed by atoms with Crippen LogP contribution in [0.25, 0.3) is 0 Å². The number of carbonyl (C=O) groups excluding carboxylic acids is 1. The number of phenolic OH excluding ortho intramolecular Hbond substituents is 1. The van der Waals surface area contributed by atoms with E-state index in [1.807, 2.05) is 38.2 Å². The molecule has 2 aliphatic rings. The molecule has 1 amide bonds. The maximum atomic E-state index is 15.6. The van der Waals surface area contributed by atoms with Crippen LogP contribution in [-0.2, 0) is 4.74 Å². The van der Waals surface area contributed by atoms with Gasteiger partial charge in [0.2, 0.25) is 0 Å². The standard InChI is InChI=1S/C27H28FN3O5.C8H12/c1-14-22(29-15(2)36-14)26(33)31-20-7-6-8-21(32)23(20)30-19-12-27(3,4)13-35-25(19)24(31)17-10-9-16(34-5)11-18(17)28;1-4-5-6-7-8(2)3/h6-11,24,30,32H,12-13H2,1-5H3;4-7H,2H2,1,3H3/b;5-4-,7-6-. The zero-order valence-corrected chi connectivity index (χ0v) is 26.3. The van der Waals surface area contributed by atoms with E-state index in [1.165, 1.54) is 24.1 Å². The number of para-hydroxylation sites is 1. The molecule has 9 heteroatoms. The molecule has 1 aromatic heterocycles. The maximum absolute atomic E-state index is 15.6. The summed E-state index contributed by atoms with van der Waals surface area (Å²) in [5, 5.41) is 14.1. The van der Waals surface area contributed by atoms with Crippen molar-refractivity contribution >= 4 is 17.3 Å². The average molecular weight is 602 g/mol. The Morgan fingerprint density at radius 3 is 2.61 bits per heavy atom. The second-order valence-corrected chi connectivity index (χ2v) is 11.6. The van der Waals surface area contributed by atoms with E-state index in [0.717, 1.165) is 5.57 Å². The summed E-state index contributed by atoms with van der Waals surface area (Å²) in [6.07, 6.45) is 8.48. The van der Waals surface area contributed by atoms with E-state index in [-0.39, 0.29) is 22.4 Å². The van der Waals surface area contributed by atoms with Gasteiger partial charge >= 0.3 is 0 Å². The van der Waals surface area contributed by atoms with Gasteiger partial charge in [-0.25, -0.2) is 9.37 Å². The summed E-state index contributed by atoms with van der Waals surface area (Å²) in [4.78, 5) is 19.9. The molecule has 0 saturated heterocycles. The second kappa shape index (κ2) is 13.2. The molecule has 0 radical (unpaired) electrons. The highest BCUT2D eigenvalue weighted by atomic mass is 19.1. The molecule has 2 N–H and O–H groups in total. The number of carbonyl (C=O) groups is 1. The second-order valence-electron chi connectivity index (χ2n) is 11.6. The number of phenols is 1. The number of nitrogens with zero attached hydrogens (tertiary/aromatic N) is 2. The minimum Gasteiger partial charge on any atom is -0.506 e. The van der Waals surface area contributed by atoms with Crippen LogP contribution in [0.5, 0.6) is 11.5 Å². The fraction of sp³-hybridized carbons (Fsp3) is 0.314. The van der Waals surface area contributed by atoms with Crippen molar-refractivity contribution in [3.05, 3.63) is 113 Å². The normalized spacial score (nSPS) is 17.2. The van der Waals surface area contributed by atoms with Gasteiger partial charge in [0.1, 0.15) is 40.6 Å². The van der Waals surface area contributed by atoms with E-state index in [1.54, 1.807) is 38.1 Å². The lowest BCUT2D eigenvalue weighted by molar-refractivity contribution is 0.0756. The van der Waals surface area contributed by atoms with E-state index in [9.17, 15) is 9.90 Å². The van der Waals surface area contributed by atoms with Crippen molar-refractivity contribution in [3.63, 3.8) is 0 Å². The molecule has 0 bridgehead atoms. The Hall–Kier alpha value is -4.79. The van der Waals surface area contributed by atoms with Crippen LogP contribution in [0.2, 0.25) is 0 Å². The number of halogens is 1. The van der Waals surface area contributed by atoms with Gasteiger partial charge in [0.05, 0.1) is 25.1 Å². The van der Waals surface area contributed by atoms with E-state index >= 15 is 4.39 Å². The van der Waals surface area contributed by atoms with E-state index < -0.39 is 17.8 Å². The number of aromatic nitrogens is 1. The highest BCUT2D eigenvalue weighted by Crippen LogP contribution is 2.50. The van der Waals surface area contributed by atoms with E-state index in [0.29, 0.717) is 53.3 Å². The van der Waals surface area contributed by atoms with Gasteiger partial charge in [-0.15, -0.1) is 0 Å². The Kier molecular flexibility index (Phi) is 9.67. The van der Waals surface area contributed by atoms with Gasteiger partial charge in [-0.2, -0.15) is 0 Å². The number of aryl methyl sites for hydroxylation is 2. The van der Waals surface area contributed by atoms with Crippen LogP contribution in [0, 0.1) is 25.1 Å². The Bertz CT molecular complexity index is 1650. The van der Waals surface area contributed by atoms with Crippen LogP contribution in [0.4, 0.5) is 15.8 Å². The third kappa shape index (κ3) is 6.88. The fourth-order valence-electron chi connectivity index (χ4n) is 5.13. The van der Waals surface area contributed by atoms with Crippen LogP contribution >= 0.6 is 0 Å². The first-order valence-corrected chi connectivity index (χ1v) is 14.4. The average Bonchev–Trinajstić information content (AvgIpc) is 3.23. The Labute approximate surface area is 258 Å². The minimum absolute atomic E-state index is 0.0514. The van der Waals surface area contributed by atoms with Gasteiger partial charge < -0.3 is 24.3 Å². The lowest BCUT2D eigenvalue weighted by Crippen LogP contribution is -2.39. The molecule has 2 aromatic carbocycles. The van der Waals surface area contributed by atoms with Crippen molar-refractivity contribution in [2.24, 2.45) is 5.41 Å². The summed E-state index contributed by atoms with van der Waals surface area (Å²) in [5.41, 5.74) is 2.53. The third-order valence-corrected chi connectivity index (χ3v) is 7.15. The van der Waals surface area contributed by atoms with Gasteiger partial charge in [-0.05, 0) is 51.5 Å². The molecule has 0 fully saturated rings. The summed E-state index contributed by atoms with van der Waals surface area (Å²) in [7, 11) is 1.46. The molecular weight excluding hydrogens is 561 g/mol. The Morgan fingerprint density at radius 1 is 1.25 bits per heavy atom. The summed E-state index contributed by atoms with van der Waals surface area (Å²) >= 11 is 0. The highest BCUT2D eigenvalue weighted by Gasteiger charge is 2.43. The zero-order valence-electron chi connectivity index (χ0n) is 26.3. The molecular formula is C35H40FN3O5. The number of amides is 1. The molecule has 3 aromatic rings. The summed E-state index contributed by atoms with van der Waals surface area (Å²) in [6.45, 7) is 15.5. The molecule has 1 atom stereocenters. The molecule has 44 heavy (non-hydrogen) atoms. The number of aromatic hydroxyl groups is 1. The fourth-order valence-corrected chi connectivity index (χ4v) is 5.13. The van der Waals surface area contributed by atoms with E-state index in [4.69, 9.17) is 13.9 Å². The van der Waals surface area contributed by atoms with Gasteiger partial charge in [-0.1, -0.05) is 56.4 Å². The number of allylic oxidation sites excluding steroid dienone is 6. The van der Waals surface area contributed by atoms with Crippen LogP contribution < -0.4 is 15.0 Å². The molecule has 0 saturated carbocycles. The first kappa shape index (κ1) is 32.1. The molecule has 0 spiro atoms. The Morgan fingerprint density at radius 2 is 2.00 bits per heavy atom. The van der Waals surface area contributed by atoms with Crippen LogP contribution in [0.3, 0.4) is 0 Å². The van der Waals surface area contributed by atoms with Crippen LogP contribution in [0.15, 0.2) is 88.7 Å². The smallest absolute Gasteiger partial charge is 0.281 e. The lowest BCUT2D eigenvalue weighted by Gasteiger charge is -2.37. The number of hydrogen-bond acceptors (Lipinski definition) is 7. The van der Waals surface area contributed by atoms with E-state index in [2.05, 4.69) is 30.7 Å². The molecule has 1 unspecified atom stereocenters. The number of fused-ring (bicyclic) bond motifs is 1. The minimum atomic E-state index is -0.985. The van der Waals surface area contributed by atoms with Gasteiger partial charge in [0.15, 0.2) is 11.6 Å². The van der Waals surface area contributed by atoms with Crippen molar-refractivity contribution < 1.29 is 28.2 Å². The molecule has 3 heterocycles. The van der Waals surface area contributed by atoms with Crippen LogP contribution in [0.1, 0.15) is 67.9 Å².